The minimum atomic E-state index is -1.06. The number of ketones is 1. The number of aliphatic carboxylic acids is 1. The molecule has 2 N–H and O–H groups in total. The Balaban J connectivity index is 1.65. The molecule has 0 spiro atoms. The number of aromatic nitrogens is 1. The zero-order valence-electron chi connectivity index (χ0n) is 20.1. The topological polar surface area (TPSA) is 88.4 Å². The smallest absolute Gasteiger partial charge is 0.326 e. The lowest BCUT2D eigenvalue weighted by Crippen LogP contribution is -2.44. The van der Waals surface area contributed by atoms with Gasteiger partial charge in [-0.25, -0.2) is 4.79 Å². The predicted molar refractivity (Wildman–Crippen MR) is 138 cm³/mol. The number of hydrogen-bond donors (Lipinski definition) is 2. The molecule has 1 amide bonds. The van der Waals surface area contributed by atoms with Gasteiger partial charge in [0.15, 0.2) is 0 Å². The number of carbonyl (C=O) groups excluding carboxylic acids is 2. The molecule has 35 heavy (non-hydrogen) atoms. The molecule has 0 aliphatic rings. The first-order valence-electron chi connectivity index (χ1n) is 11.5. The number of amides is 1. The van der Waals surface area contributed by atoms with Gasteiger partial charge in [0, 0.05) is 18.3 Å². The first kappa shape index (κ1) is 25.4. The average molecular weight is 471 g/mol. The maximum Gasteiger partial charge on any atom is 0.326 e. The minimum absolute atomic E-state index is 0.0826. The molecule has 180 valence electrons. The Bertz CT molecular complexity index is 1250. The number of hydrogen-bond acceptors (Lipinski definition) is 3. The van der Waals surface area contributed by atoms with E-state index in [4.69, 9.17) is 0 Å². The molecule has 6 nitrogen and oxygen atoms in total. The number of nitrogens with one attached hydrogen (secondary N) is 1. The summed E-state index contributed by atoms with van der Waals surface area (Å²) in [5, 5.41) is 11.9. The summed E-state index contributed by atoms with van der Waals surface area (Å²) < 4.78 is 1.86. The Hall–Kier alpha value is -4.19. The van der Waals surface area contributed by atoms with Crippen LogP contribution < -0.4 is 5.32 Å². The van der Waals surface area contributed by atoms with Crippen molar-refractivity contribution in [3.63, 3.8) is 0 Å². The SMILES string of the molecule is Cc1ccc(/C=C/C(=O)c2cccn2C/C=C/c2cccc(C(=O)N[C@H](C(=O)O)C(C)C)c2)cc1. The number of nitrogens with zero attached hydrogens (tertiary/aromatic N) is 1. The third kappa shape index (κ3) is 7.14. The van der Waals surface area contributed by atoms with Gasteiger partial charge in [-0.3, -0.25) is 9.59 Å². The number of benzene rings is 2. The summed E-state index contributed by atoms with van der Waals surface area (Å²) in [5.74, 6) is -1.80. The van der Waals surface area contributed by atoms with Crippen molar-refractivity contribution in [2.75, 3.05) is 0 Å². The Morgan fingerprint density at radius 1 is 0.971 bits per heavy atom. The van der Waals surface area contributed by atoms with Crippen molar-refractivity contribution in [3.8, 4) is 0 Å². The van der Waals surface area contributed by atoms with Crippen LogP contribution in [0, 0.1) is 12.8 Å². The normalized spacial score (nSPS) is 12.3. The van der Waals surface area contributed by atoms with Crippen LogP contribution in [0.25, 0.3) is 12.2 Å². The van der Waals surface area contributed by atoms with E-state index in [1.54, 1.807) is 50.3 Å². The van der Waals surface area contributed by atoms with Gasteiger partial charge in [-0.2, -0.15) is 0 Å². The summed E-state index contributed by atoms with van der Waals surface area (Å²) in [4.78, 5) is 36.6. The highest BCUT2D eigenvalue weighted by Gasteiger charge is 2.23. The second kappa shape index (κ2) is 11.8. The molecule has 2 aromatic carbocycles. The van der Waals surface area contributed by atoms with Crippen molar-refractivity contribution >= 4 is 29.8 Å². The number of allylic oxidation sites excluding steroid dienone is 2. The van der Waals surface area contributed by atoms with Crippen LogP contribution in [0.2, 0.25) is 0 Å². The Morgan fingerprint density at radius 3 is 2.40 bits per heavy atom. The van der Waals surface area contributed by atoms with Gasteiger partial charge in [0.1, 0.15) is 6.04 Å². The standard InChI is InChI=1S/C29H30N2O4/c1-20(2)27(29(34)35)30-28(33)24-9-4-7-23(19-24)8-5-17-31-18-6-10-25(31)26(32)16-15-22-13-11-21(3)12-14-22/h4-16,18-20,27H,17H2,1-3H3,(H,30,33)(H,34,35)/b8-5+,16-15+/t27-/m0/s1. The second-order valence-electron chi connectivity index (χ2n) is 8.72. The highest BCUT2D eigenvalue weighted by molar-refractivity contribution is 6.05. The van der Waals surface area contributed by atoms with E-state index in [1.807, 2.05) is 66.2 Å². The predicted octanol–water partition coefficient (Wildman–Crippen LogP) is 5.25. The molecule has 1 aromatic heterocycles. The van der Waals surface area contributed by atoms with Gasteiger partial charge < -0.3 is 15.0 Å². The average Bonchev–Trinajstić information content (AvgIpc) is 3.30. The molecule has 3 aromatic rings. The van der Waals surface area contributed by atoms with E-state index < -0.39 is 17.9 Å². The zero-order valence-corrected chi connectivity index (χ0v) is 20.1. The number of rotatable bonds is 10. The molecule has 0 radical (unpaired) electrons. The summed E-state index contributed by atoms with van der Waals surface area (Å²) in [5.41, 5.74) is 3.90. The summed E-state index contributed by atoms with van der Waals surface area (Å²) in [6.07, 6.45) is 9.00. The van der Waals surface area contributed by atoms with E-state index in [-0.39, 0.29) is 11.7 Å². The molecule has 0 unspecified atom stereocenters. The number of aryl methyl sites for hydroxylation is 1. The van der Waals surface area contributed by atoms with Gasteiger partial charge in [0.2, 0.25) is 5.78 Å². The lowest BCUT2D eigenvalue weighted by molar-refractivity contribution is -0.140. The minimum Gasteiger partial charge on any atom is -0.480 e. The Labute approximate surface area is 205 Å². The lowest BCUT2D eigenvalue weighted by atomic mass is 10.0. The van der Waals surface area contributed by atoms with Gasteiger partial charge >= 0.3 is 5.97 Å². The molecule has 1 heterocycles. The first-order valence-corrected chi connectivity index (χ1v) is 11.5. The van der Waals surface area contributed by atoms with E-state index >= 15 is 0 Å². The number of carboxylic acid groups (broad SMARTS) is 1. The van der Waals surface area contributed by atoms with Crippen molar-refractivity contribution in [2.24, 2.45) is 5.92 Å². The molecule has 1 atom stereocenters. The Kier molecular flexibility index (Phi) is 8.57. The molecule has 0 saturated carbocycles. The van der Waals surface area contributed by atoms with E-state index in [1.165, 1.54) is 5.56 Å². The van der Waals surface area contributed by atoms with Gasteiger partial charge in [-0.05, 0) is 54.3 Å². The molecule has 0 saturated heterocycles. The van der Waals surface area contributed by atoms with Gasteiger partial charge in [0.25, 0.3) is 5.91 Å². The summed E-state index contributed by atoms with van der Waals surface area (Å²) in [6.45, 7) is 6.00. The van der Waals surface area contributed by atoms with Crippen LogP contribution in [0.1, 0.15) is 51.4 Å². The fraction of sp³-hybridized carbons (Fsp3) is 0.207. The fourth-order valence-corrected chi connectivity index (χ4v) is 3.56. The van der Waals surface area contributed by atoms with E-state index in [9.17, 15) is 19.5 Å². The summed E-state index contributed by atoms with van der Waals surface area (Å²) in [7, 11) is 0. The maximum absolute atomic E-state index is 12.7. The molecule has 0 aliphatic carbocycles. The third-order valence-corrected chi connectivity index (χ3v) is 5.57. The number of carbonyl (C=O) groups is 3. The highest BCUT2D eigenvalue weighted by atomic mass is 16.4. The number of carboxylic acids is 1. The van der Waals surface area contributed by atoms with Crippen LogP contribution in [0.5, 0.6) is 0 Å². The van der Waals surface area contributed by atoms with Gasteiger partial charge in [-0.1, -0.05) is 74.0 Å². The molecule has 3 rings (SSSR count). The van der Waals surface area contributed by atoms with Crippen molar-refractivity contribution in [1.29, 1.82) is 0 Å². The van der Waals surface area contributed by atoms with Crippen molar-refractivity contribution in [2.45, 2.75) is 33.4 Å². The third-order valence-electron chi connectivity index (χ3n) is 5.57. The monoisotopic (exact) mass is 470 g/mol. The second-order valence-corrected chi connectivity index (χ2v) is 8.72. The molecule has 0 bridgehead atoms. The first-order chi connectivity index (χ1) is 16.7. The van der Waals surface area contributed by atoms with Crippen molar-refractivity contribution < 1.29 is 19.5 Å². The van der Waals surface area contributed by atoms with Crippen LogP contribution in [-0.4, -0.2) is 33.4 Å². The van der Waals surface area contributed by atoms with Crippen molar-refractivity contribution in [3.05, 3.63) is 107 Å². The fourth-order valence-electron chi connectivity index (χ4n) is 3.56. The highest BCUT2D eigenvalue weighted by Crippen LogP contribution is 2.12. The van der Waals surface area contributed by atoms with Crippen molar-refractivity contribution in [1.82, 2.24) is 9.88 Å². The van der Waals surface area contributed by atoms with Crippen LogP contribution in [0.3, 0.4) is 0 Å². The summed E-state index contributed by atoms with van der Waals surface area (Å²) >= 11 is 0. The molecule has 0 aliphatic heterocycles. The van der Waals surface area contributed by atoms with Crippen LogP contribution >= 0.6 is 0 Å². The lowest BCUT2D eigenvalue weighted by Gasteiger charge is -2.18. The van der Waals surface area contributed by atoms with Gasteiger partial charge in [-0.15, -0.1) is 0 Å². The van der Waals surface area contributed by atoms with E-state index in [0.717, 1.165) is 11.1 Å². The zero-order chi connectivity index (χ0) is 25.4. The Morgan fingerprint density at radius 2 is 1.71 bits per heavy atom. The van der Waals surface area contributed by atoms with E-state index in [2.05, 4.69) is 5.32 Å². The largest absolute Gasteiger partial charge is 0.480 e. The van der Waals surface area contributed by atoms with Crippen LogP contribution in [0.4, 0.5) is 0 Å². The van der Waals surface area contributed by atoms with E-state index in [0.29, 0.717) is 17.8 Å². The van der Waals surface area contributed by atoms with Crippen LogP contribution in [-0.2, 0) is 11.3 Å². The molecular formula is C29H30N2O4. The quantitative estimate of drug-likeness (QED) is 0.313. The van der Waals surface area contributed by atoms with Gasteiger partial charge in [0.05, 0.1) is 5.69 Å². The molecular weight excluding hydrogens is 440 g/mol. The van der Waals surface area contributed by atoms with Crippen LogP contribution in [0.15, 0.2) is 79.0 Å². The maximum atomic E-state index is 12.7. The molecule has 6 heteroatoms. The summed E-state index contributed by atoms with van der Waals surface area (Å²) in [6, 6.07) is 17.6. The molecule has 0 fully saturated rings.